The number of benzene rings is 1. The zero-order valence-corrected chi connectivity index (χ0v) is 12.0. The molecule has 0 aliphatic rings. The zero-order chi connectivity index (χ0) is 14.9. The lowest BCUT2D eigenvalue weighted by Crippen LogP contribution is -2.42. The van der Waals surface area contributed by atoms with Crippen LogP contribution in [0, 0.1) is 12.3 Å². The fourth-order valence-electron chi connectivity index (χ4n) is 1.33. The third-order valence-electron chi connectivity index (χ3n) is 2.20. The lowest BCUT2D eigenvalue weighted by Gasteiger charge is -2.20. The summed E-state index contributed by atoms with van der Waals surface area (Å²) in [6.45, 7) is 2.95. The van der Waals surface area contributed by atoms with Crippen molar-refractivity contribution in [3.63, 3.8) is 0 Å². The number of terminal acetylenes is 1. The molecule has 8 heteroatoms. The summed E-state index contributed by atoms with van der Waals surface area (Å²) in [7, 11) is -8.25. The standard InChI is InChI=1S/C11H14N2O4S2/c1-4-11(2,3)13-19(16,17)10-8-6-5-7-9(10)18(12,14)15/h1,5-8,13H,2-3H3,(H2,12,14,15). The Morgan fingerprint density at radius 2 is 1.63 bits per heavy atom. The number of nitrogens with two attached hydrogens (primary N) is 1. The summed E-state index contributed by atoms with van der Waals surface area (Å²) in [5.41, 5.74) is -1.15. The number of hydrogen-bond acceptors (Lipinski definition) is 4. The van der Waals surface area contributed by atoms with Crippen molar-refractivity contribution in [2.45, 2.75) is 29.2 Å². The van der Waals surface area contributed by atoms with Gasteiger partial charge in [0.2, 0.25) is 20.0 Å². The van der Waals surface area contributed by atoms with Crippen molar-refractivity contribution in [3.05, 3.63) is 24.3 Å². The van der Waals surface area contributed by atoms with Gasteiger partial charge in [-0.15, -0.1) is 6.42 Å². The van der Waals surface area contributed by atoms with Crippen molar-refractivity contribution >= 4 is 20.0 Å². The summed E-state index contributed by atoms with van der Waals surface area (Å²) in [6.07, 6.45) is 5.20. The second kappa shape index (κ2) is 4.94. The SMILES string of the molecule is C#CC(C)(C)NS(=O)(=O)c1ccccc1S(N)(=O)=O. The summed E-state index contributed by atoms with van der Waals surface area (Å²) >= 11 is 0. The minimum absolute atomic E-state index is 0.430. The normalized spacial score (nSPS) is 12.9. The lowest BCUT2D eigenvalue weighted by atomic mass is 10.1. The van der Waals surface area contributed by atoms with Crippen LogP contribution in [0.1, 0.15) is 13.8 Å². The second-order valence-electron chi connectivity index (χ2n) is 4.37. The van der Waals surface area contributed by atoms with Gasteiger partial charge < -0.3 is 0 Å². The van der Waals surface area contributed by atoms with Crippen LogP contribution in [0.2, 0.25) is 0 Å². The van der Waals surface area contributed by atoms with E-state index in [4.69, 9.17) is 11.6 Å². The first-order valence-electron chi connectivity index (χ1n) is 5.13. The molecule has 3 N–H and O–H groups in total. The Balaban J connectivity index is 3.45. The molecule has 0 aliphatic heterocycles. The molecule has 1 aromatic rings. The number of primary sulfonamides is 1. The topological polar surface area (TPSA) is 106 Å². The maximum Gasteiger partial charge on any atom is 0.243 e. The second-order valence-corrected chi connectivity index (χ2v) is 7.55. The van der Waals surface area contributed by atoms with Crippen LogP contribution >= 0.6 is 0 Å². The van der Waals surface area contributed by atoms with Gasteiger partial charge in [0.05, 0.1) is 5.54 Å². The Bertz CT molecular complexity index is 728. The first-order chi connectivity index (χ1) is 8.49. The average Bonchev–Trinajstić information content (AvgIpc) is 2.27. The molecule has 0 spiro atoms. The summed E-state index contributed by atoms with van der Waals surface area (Å²) in [5, 5.41) is 4.99. The maximum atomic E-state index is 12.1. The predicted octanol–water partition coefficient (Wildman–Crippen LogP) is 0.0241. The van der Waals surface area contributed by atoms with Gasteiger partial charge in [-0.2, -0.15) is 4.72 Å². The van der Waals surface area contributed by atoms with Gasteiger partial charge in [-0.25, -0.2) is 22.0 Å². The van der Waals surface area contributed by atoms with E-state index in [1.165, 1.54) is 26.0 Å². The van der Waals surface area contributed by atoms with E-state index in [2.05, 4.69) is 10.6 Å². The molecule has 0 atom stereocenters. The van der Waals surface area contributed by atoms with Crippen molar-refractivity contribution in [2.24, 2.45) is 5.14 Å². The minimum atomic E-state index is -4.15. The minimum Gasteiger partial charge on any atom is -0.225 e. The monoisotopic (exact) mass is 302 g/mol. The number of hydrogen-bond donors (Lipinski definition) is 2. The Labute approximate surface area is 113 Å². The van der Waals surface area contributed by atoms with Crippen molar-refractivity contribution in [3.8, 4) is 12.3 Å². The van der Waals surface area contributed by atoms with Crippen LogP contribution < -0.4 is 9.86 Å². The third-order valence-corrected chi connectivity index (χ3v) is 5.01. The van der Waals surface area contributed by atoms with Gasteiger partial charge in [-0.3, -0.25) is 0 Å². The fraction of sp³-hybridized carbons (Fsp3) is 0.273. The molecule has 0 aromatic heterocycles. The van der Waals surface area contributed by atoms with Gasteiger partial charge in [0.15, 0.2) is 0 Å². The van der Waals surface area contributed by atoms with Crippen LogP contribution in [0.15, 0.2) is 34.1 Å². The smallest absolute Gasteiger partial charge is 0.225 e. The highest BCUT2D eigenvalue weighted by Crippen LogP contribution is 2.20. The number of nitrogens with one attached hydrogen (secondary N) is 1. The van der Waals surface area contributed by atoms with E-state index in [0.29, 0.717) is 0 Å². The van der Waals surface area contributed by atoms with Crippen molar-refractivity contribution in [1.29, 1.82) is 0 Å². The van der Waals surface area contributed by atoms with Crippen molar-refractivity contribution < 1.29 is 16.8 Å². The number of rotatable bonds is 4. The van der Waals surface area contributed by atoms with Gasteiger partial charge in [0.25, 0.3) is 0 Å². The summed E-state index contributed by atoms with van der Waals surface area (Å²) in [5.74, 6) is 2.25. The van der Waals surface area contributed by atoms with Gasteiger partial charge in [0, 0.05) is 0 Å². The van der Waals surface area contributed by atoms with E-state index in [-0.39, 0.29) is 0 Å². The molecule has 0 saturated carbocycles. The highest BCUT2D eigenvalue weighted by molar-refractivity contribution is 7.92. The Morgan fingerprint density at radius 3 is 2.05 bits per heavy atom. The van der Waals surface area contributed by atoms with Crippen LogP contribution in [-0.2, 0) is 20.0 Å². The quantitative estimate of drug-likeness (QED) is 0.765. The van der Waals surface area contributed by atoms with E-state index in [1.54, 1.807) is 0 Å². The van der Waals surface area contributed by atoms with E-state index in [1.807, 2.05) is 0 Å². The molecule has 0 bridgehead atoms. The van der Waals surface area contributed by atoms with Crippen molar-refractivity contribution in [2.75, 3.05) is 0 Å². The van der Waals surface area contributed by atoms with Crippen LogP contribution in [0.4, 0.5) is 0 Å². The molecule has 0 aliphatic carbocycles. The Morgan fingerprint density at radius 1 is 1.16 bits per heavy atom. The van der Waals surface area contributed by atoms with Gasteiger partial charge in [0.1, 0.15) is 9.79 Å². The molecule has 1 aromatic carbocycles. The molecule has 0 unspecified atom stereocenters. The molecule has 0 amide bonds. The van der Waals surface area contributed by atoms with Crippen LogP contribution in [0.5, 0.6) is 0 Å². The molecule has 19 heavy (non-hydrogen) atoms. The fourth-order valence-corrected chi connectivity index (χ4v) is 4.05. The molecule has 0 saturated heterocycles. The molecule has 6 nitrogen and oxygen atoms in total. The van der Waals surface area contributed by atoms with Crippen LogP contribution in [-0.4, -0.2) is 22.4 Å². The Hall–Kier alpha value is -1.40. The summed E-state index contributed by atoms with van der Waals surface area (Å²) in [4.78, 5) is -0.906. The molecule has 0 radical (unpaired) electrons. The summed E-state index contributed by atoms with van der Waals surface area (Å²) < 4.78 is 49.3. The zero-order valence-electron chi connectivity index (χ0n) is 10.4. The van der Waals surface area contributed by atoms with Gasteiger partial charge in [-0.1, -0.05) is 18.1 Å². The highest BCUT2D eigenvalue weighted by atomic mass is 32.2. The van der Waals surface area contributed by atoms with Gasteiger partial charge >= 0.3 is 0 Å². The van der Waals surface area contributed by atoms with Gasteiger partial charge in [-0.05, 0) is 26.0 Å². The van der Waals surface area contributed by atoms with E-state index >= 15 is 0 Å². The number of sulfonamides is 2. The van der Waals surface area contributed by atoms with Crippen LogP contribution in [0.3, 0.4) is 0 Å². The molecule has 1 rings (SSSR count). The Kier molecular flexibility index (Phi) is 4.07. The third kappa shape index (κ3) is 3.78. The first kappa shape index (κ1) is 15.7. The van der Waals surface area contributed by atoms with Crippen LogP contribution in [0.25, 0.3) is 0 Å². The predicted molar refractivity (Wildman–Crippen MR) is 71.0 cm³/mol. The van der Waals surface area contributed by atoms with E-state index in [9.17, 15) is 16.8 Å². The van der Waals surface area contributed by atoms with Crippen molar-refractivity contribution in [1.82, 2.24) is 4.72 Å². The molecular formula is C11H14N2O4S2. The average molecular weight is 302 g/mol. The maximum absolute atomic E-state index is 12.1. The molecular weight excluding hydrogens is 288 g/mol. The molecule has 0 heterocycles. The summed E-state index contributed by atoms with van der Waals surface area (Å²) in [6, 6.07) is 5.04. The largest absolute Gasteiger partial charge is 0.243 e. The lowest BCUT2D eigenvalue weighted by molar-refractivity contribution is 0.535. The highest BCUT2D eigenvalue weighted by Gasteiger charge is 2.28. The van der Waals surface area contributed by atoms with E-state index < -0.39 is 35.4 Å². The molecule has 0 fully saturated rings. The van der Waals surface area contributed by atoms with E-state index in [0.717, 1.165) is 12.1 Å². The first-order valence-corrected chi connectivity index (χ1v) is 8.16. The molecule has 104 valence electrons.